The summed E-state index contributed by atoms with van der Waals surface area (Å²) in [5.74, 6) is 0.510. The second-order valence-corrected chi connectivity index (χ2v) is 4.48. The van der Waals surface area contributed by atoms with Crippen LogP contribution in [0.25, 0.3) is 0 Å². The lowest BCUT2D eigenvalue weighted by Crippen LogP contribution is -2.00. The molecule has 0 aromatic carbocycles. The second-order valence-electron chi connectivity index (χ2n) is 4.48. The number of nitrogens with zero attached hydrogens (tertiary/aromatic N) is 1. The standard InChI is InChI=1S/C15H23NO3/c1-14(17)18-12-8-4-2-3-5-9-13-19-15-10-6-7-11-16-15/h6-7,10-11H,2-5,8-9,12-13H2,1H3. The van der Waals surface area contributed by atoms with Crippen molar-refractivity contribution in [3.63, 3.8) is 0 Å². The van der Waals surface area contributed by atoms with Gasteiger partial charge in [0.05, 0.1) is 13.2 Å². The topological polar surface area (TPSA) is 48.4 Å². The second kappa shape index (κ2) is 10.4. The molecule has 0 saturated carbocycles. The van der Waals surface area contributed by atoms with Crippen LogP contribution in [-0.4, -0.2) is 24.2 Å². The van der Waals surface area contributed by atoms with Crippen LogP contribution in [0.2, 0.25) is 0 Å². The lowest BCUT2D eigenvalue weighted by molar-refractivity contribution is -0.141. The first-order valence-electron chi connectivity index (χ1n) is 6.96. The van der Waals surface area contributed by atoms with Crippen LogP contribution in [0.15, 0.2) is 24.4 Å². The van der Waals surface area contributed by atoms with Crippen LogP contribution in [0.3, 0.4) is 0 Å². The molecule has 0 N–H and O–H groups in total. The molecule has 19 heavy (non-hydrogen) atoms. The zero-order valence-electron chi connectivity index (χ0n) is 11.6. The van der Waals surface area contributed by atoms with Crippen molar-refractivity contribution in [1.82, 2.24) is 4.98 Å². The molecule has 1 rings (SSSR count). The number of unbranched alkanes of at least 4 members (excludes halogenated alkanes) is 5. The lowest BCUT2D eigenvalue weighted by atomic mass is 10.1. The Morgan fingerprint density at radius 1 is 1.05 bits per heavy atom. The Balaban J connectivity index is 1.83. The average molecular weight is 265 g/mol. The molecule has 0 spiro atoms. The summed E-state index contributed by atoms with van der Waals surface area (Å²) in [4.78, 5) is 14.6. The fraction of sp³-hybridized carbons (Fsp3) is 0.600. The Labute approximate surface area is 115 Å². The predicted molar refractivity (Wildman–Crippen MR) is 74.1 cm³/mol. The zero-order chi connectivity index (χ0) is 13.8. The highest BCUT2D eigenvalue weighted by Crippen LogP contribution is 2.08. The zero-order valence-corrected chi connectivity index (χ0v) is 11.6. The van der Waals surface area contributed by atoms with E-state index >= 15 is 0 Å². The fourth-order valence-electron chi connectivity index (χ4n) is 1.74. The van der Waals surface area contributed by atoms with Crippen molar-refractivity contribution in [2.75, 3.05) is 13.2 Å². The van der Waals surface area contributed by atoms with Gasteiger partial charge in [-0.25, -0.2) is 4.98 Å². The summed E-state index contributed by atoms with van der Waals surface area (Å²) < 4.78 is 10.4. The van der Waals surface area contributed by atoms with Gasteiger partial charge in [0.15, 0.2) is 0 Å². The van der Waals surface area contributed by atoms with Gasteiger partial charge in [-0.3, -0.25) is 4.79 Å². The summed E-state index contributed by atoms with van der Waals surface area (Å²) in [5.41, 5.74) is 0. The molecule has 0 radical (unpaired) electrons. The van der Waals surface area contributed by atoms with Crippen molar-refractivity contribution in [2.24, 2.45) is 0 Å². The number of hydrogen-bond acceptors (Lipinski definition) is 4. The molecule has 1 heterocycles. The number of ether oxygens (including phenoxy) is 2. The number of carbonyl (C=O) groups is 1. The van der Waals surface area contributed by atoms with E-state index in [1.807, 2.05) is 18.2 Å². The smallest absolute Gasteiger partial charge is 0.302 e. The summed E-state index contributed by atoms with van der Waals surface area (Å²) in [7, 11) is 0. The summed E-state index contributed by atoms with van der Waals surface area (Å²) in [5, 5.41) is 0. The molecule has 1 aromatic heterocycles. The third-order valence-corrected chi connectivity index (χ3v) is 2.73. The number of rotatable bonds is 10. The molecular formula is C15H23NO3. The van der Waals surface area contributed by atoms with Gasteiger partial charge < -0.3 is 9.47 Å². The van der Waals surface area contributed by atoms with Gasteiger partial charge in [0.25, 0.3) is 0 Å². The number of pyridine rings is 1. The molecule has 0 aliphatic heterocycles. The van der Waals surface area contributed by atoms with E-state index in [9.17, 15) is 4.79 Å². The molecule has 4 nitrogen and oxygen atoms in total. The fourth-order valence-corrected chi connectivity index (χ4v) is 1.74. The minimum absolute atomic E-state index is 0.188. The maximum atomic E-state index is 10.5. The van der Waals surface area contributed by atoms with Gasteiger partial charge in [-0.15, -0.1) is 0 Å². The first kappa shape index (κ1) is 15.5. The normalized spacial score (nSPS) is 10.2. The summed E-state index contributed by atoms with van der Waals surface area (Å²) in [6.07, 6.45) is 8.42. The summed E-state index contributed by atoms with van der Waals surface area (Å²) in [6.45, 7) is 2.73. The van der Waals surface area contributed by atoms with Gasteiger partial charge >= 0.3 is 5.97 Å². The summed E-state index contributed by atoms with van der Waals surface area (Å²) >= 11 is 0. The Morgan fingerprint density at radius 3 is 2.37 bits per heavy atom. The molecule has 0 amide bonds. The summed E-state index contributed by atoms with van der Waals surface area (Å²) in [6, 6.07) is 5.67. The highest BCUT2D eigenvalue weighted by atomic mass is 16.5. The Kier molecular flexibility index (Phi) is 8.43. The van der Waals surface area contributed by atoms with Crippen molar-refractivity contribution in [3.05, 3.63) is 24.4 Å². The van der Waals surface area contributed by atoms with Crippen LogP contribution in [0.1, 0.15) is 45.4 Å². The van der Waals surface area contributed by atoms with Crippen molar-refractivity contribution in [2.45, 2.75) is 45.4 Å². The van der Waals surface area contributed by atoms with Crippen LogP contribution in [0.5, 0.6) is 5.88 Å². The van der Waals surface area contributed by atoms with Crippen LogP contribution < -0.4 is 4.74 Å². The van der Waals surface area contributed by atoms with Crippen LogP contribution in [0.4, 0.5) is 0 Å². The highest BCUT2D eigenvalue weighted by Gasteiger charge is 1.95. The Bertz CT molecular complexity index is 341. The van der Waals surface area contributed by atoms with Crippen molar-refractivity contribution in [1.29, 1.82) is 0 Å². The van der Waals surface area contributed by atoms with Gasteiger partial charge in [-0.1, -0.05) is 31.7 Å². The van der Waals surface area contributed by atoms with E-state index < -0.39 is 0 Å². The lowest BCUT2D eigenvalue weighted by Gasteiger charge is -2.05. The predicted octanol–water partition coefficient (Wildman–Crippen LogP) is 3.36. The van der Waals surface area contributed by atoms with Crippen molar-refractivity contribution < 1.29 is 14.3 Å². The molecule has 0 atom stereocenters. The molecule has 0 aliphatic carbocycles. The van der Waals surface area contributed by atoms with Gasteiger partial charge in [-0.2, -0.15) is 0 Å². The first-order valence-corrected chi connectivity index (χ1v) is 6.96. The van der Waals surface area contributed by atoms with E-state index in [0.29, 0.717) is 12.5 Å². The average Bonchev–Trinajstić information content (AvgIpc) is 2.42. The maximum Gasteiger partial charge on any atom is 0.302 e. The molecule has 106 valence electrons. The van der Waals surface area contributed by atoms with Crippen molar-refractivity contribution in [3.8, 4) is 5.88 Å². The van der Waals surface area contributed by atoms with Gasteiger partial charge in [0.2, 0.25) is 5.88 Å². The monoisotopic (exact) mass is 265 g/mol. The quantitative estimate of drug-likeness (QED) is 0.481. The van der Waals surface area contributed by atoms with Crippen molar-refractivity contribution >= 4 is 5.97 Å². The molecule has 1 aromatic rings. The largest absolute Gasteiger partial charge is 0.478 e. The van der Waals surface area contributed by atoms with E-state index in [0.717, 1.165) is 25.9 Å². The van der Waals surface area contributed by atoms with Crippen LogP contribution in [-0.2, 0) is 9.53 Å². The number of esters is 1. The third-order valence-electron chi connectivity index (χ3n) is 2.73. The van der Waals surface area contributed by atoms with E-state index in [4.69, 9.17) is 9.47 Å². The van der Waals surface area contributed by atoms with Gasteiger partial charge in [-0.05, 0) is 18.9 Å². The molecule has 0 bridgehead atoms. The van der Waals surface area contributed by atoms with E-state index in [2.05, 4.69) is 4.98 Å². The molecule has 4 heteroatoms. The number of hydrogen-bond donors (Lipinski definition) is 0. The van der Waals surface area contributed by atoms with Gasteiger partial charge in [0.1, 0.15) is 0 Å². The molecule has 0 aliphatic rings. The Morgan fingerprint density at radius 2 is 1.74 bits per heavy atom. The molecular weight excluding hydrogens is 242 g/mol. The van der Waals surface area contributed by atoms with E-state index in [1.165, 1.54) is 26.2 Å². The molecule has 0 fully saturated rings. The van der Waals surface area contributed by atoms with Gasteiger partial charge in [0, 0.05) is 19.2 Å². The number of aromatic nitrogens is 1. The Hall–Kier alpha value is -1.58. The first-order chi connectivity index (χ1) is 9.29. The number of carbonyl (C=O) groups excluding carboxylic acids is 1. The maximum absolute atomic E-state index is 10.5. The van der Waals surface area contributed by atoms with Crippen LogP contribution in [0, 0.1) is 0 Å². The van der Waals surface area contributed by atoms with E-state index in [-0.39, 0.29) is 5.97 Å². The molecule has 0 unspecified atom stereocenters. The van der Waals surface area contributed by atoms with Crippen LogP contribution >= 0.6 is 0 Å². The van der Waals surface area contributed by atoms with E-state index in [1.54, 1.807) is 6.20 Å². The molecule has 0 saturated heterocycles. The minimum Gasteiger partial charge on any atom is -0.478 e. The highest BCUT2D eigenvalue weighted by molar-refractivity contribution is 5.65. The minimum atomic E-state index is -0.188. The SMILES string of the molecule is CC(=O)OCCCCCCCCOc1ccccn1. The third kappa shape index (κ3) is 9.05.